The number of furan rings is 1. The van der Waals surface area contributed by atoms with Crippen LogP contribution in [0.25, 0.3) is 33.5 Å². The molecule has 346 valence electrons. The summed E-state index contributed by atoms with van der Waals surface area (Å²) in [5.41, 5.74) is -1.63. The number of nitrogens with zero attached hydrogens (tertiary/aromatic N) is 3. The van der Waals surface area contributed by atoms with Crippen molar-refractivity contribution in [2.24, 2.45) is 5.92 Å². The van der Waals surface area contributed by atoms with E-state index in [0.29, 0.717) is 61.7 Å². The number of aromatic nitrogens is 2. The van der Waals surface area contributed by atoms with Crippen molar-refractivity contribution < 1.29 is 59.4 Å². The van der Waals surface area contributed by atoms with Crippen LogP contribution in [0.1, 0.15) is 89.0 Å². The smallest absolute Gasteiger partial charge is 0.416 e. The number of ether oxygens (including phenoxy) is 3. The first-order valence-electron chi connectivity index (χ1n) is 22.1. The van der Waals surface area contributed by atoms with Gasteiger partial charge in [0, 0.05) is 17.9 Å². The quantitative estimate of drug-likeness (QED) is 0.155. The first-order valence-corrected chi connectivity index (χ1v) is 23.6. The Kier molecular flexibility index (Phi) is 11.9. The fourth-order valence-electron chi connectivity index (χ4n) is 9.16. The lowest BCUT2D eigenvalue weighted by Crippen LogP contribution is -2.58. The van der Waals surface area contributed by atoms with E-state index in [1.54, 1.807) is 18.2 Å². The number of amides is 4. The zero-order valence-electron chi connectivity index (χ0n) is 35.5. The van der Waals surface area contributed by atoms with E-state index >= 15 is 0 Å². The third-order valence-corrected chi connectivity index (χ3v) is 14.8. The van der Waals surface area contributed by atoms with Crippen LogP contribution in [0.2, 0.25) is 0 Å². The van der Waals surface area contributed by atoms with Crippen molar-refractivity contribution >= 4 is 55.9 Å². The molecule has 5 atom stereocenters. The number of sulfonamides is 1. The van der Waals surface area contributed by atoms with E-state index in [-0.39, 0.29) is 60.3 Å². The average Bonchev–Trinajstić information content (AvgIpc) is 4.08. The van der Waals surface area contributed by atoms with Gasteiger partial charge in [-0.25, -0.2) is 18.2 Å². The summed E-state index contributed by atoms with van der Waals surface area (Å²) in [5.74, 6) is -2.48. The Morgan fingerprint density at radius 3 is 2.43 bits per heavy atom. The molecule has 0 spiro atoms. The lowest BCUT2D eigenvalue weighted by molar-refractivity contribution is -0.141. The van der Waals surface area contributed by atoms with E-state index in [1.165, 1.54) is 24.1 Å². The summed E-state index contributed by atoms with van der Waals surface area (Å²) in [5, 5.41) is 5.35. The van der Waals surface area contributed by atoms with Gasteiger partial charge in [-0.15, -0.1) is 0 Å². The maximum absolute atomic E-state index is 14.8. The van der Waals surface area contributed by atoms with Gasteiger partial charge in [0.2, 0.25) is 27.4 Å². The summed E-state index contributed by atoms with van der Waals surface area (Å²) in [4.78, 5) is 67.3. The van der Waals surface area contributed by atoms with Crippen molar-refractivity contribution in [2.75, 3.05) is 13.7 Å². The highest BCUT2D eigenvalue weighted by atomic mass is 32.2. The molecule has 5 aliphatic rings. The predicted octanol–water partition coefficient (Wildman–Crippen LogP) is 6.46. The molecule has 2 aromatic carbocycles. The van der Waals surface area contributed by atoms with Crippen LogP contribution in [0.3, 0.4) is 0 Å². The molecule has 2 aliphatic heterocycles. The molecule has 0 unspecified atom stereocenters. The number of carbonyl (C=O) groups is 4. The number of alkyl carbamates (subject to hydrolysis) is 1. The van der Waals surface area contributed by atoms with Gasteiger partial charge in [0.1, 0.15) is 46.7 Å². The molecule has 65 heavy (non-hydrogen) atoms. The van der Waals surface area contributed by atoms with Crippen molar-refractivity contribution in [1.29, 1.82) is 0 Å². The zero-order chi connectivity index (χ0) is 45.7. The third kappa shape index (κ3) is 9.18. The minimum Gasteiger partial charge on any atom is -0.496 e. The molecule has 0 radical (unpaired) electrons. The van der Waals surface area contributed by atoms with Gasteiger partial charge >= 0.3 is 12.3 Å². The Hall–Kier alpha value is -5.92. The van der Waals surface area contributed by atoms with Crippen LogP contribution < -0.4 is 24.8 Å². The van der Waals surface area contributed by atoms with Crippen LogP contribution in [0.15, 0.2) is 59.0 Å². The number of nitrogens with one attached hydrogen (secondary N) is 3. The summed E-state index contributed by atoms with van der Waals surface area (Å²) >= 11 is 0. The molecule has 4 amide bonds. The van der Waals surface area contributed by atoms with E-state index in [2.05, 4.69) is 25.3 Å². The molecule has 3 saturated carbocycles. The van der Waals surface area contributed by atoms with Gasteiger partial charge in [0.05, 0.1) is 29.9 Å². The highest BCUT2D eigenvalue weighted by Crippen LogP contribution is 2.46. The van der Waals surface area contributed by atoms with Crippen LogP contribution in [0.5, 0.6) is 11.6 Å². The number of alkyl halides is 3. The van der Waals surface area contributed by atoms with Crippen LogP contribution in [0, 0.1) is 5.92 Å². The number of hydrogen-bond donors (Lipinski definition) is 3. The number of rotatable bonds is 9. The molecule has 4 fully saturated rings. The molecular formula is C45H49F3N6O10S. The first kappa shape index (κ1) is 44.3. The largest absolute Gasteiger partial charge is 0.496 e. The Bertz CT molecular complexity index is 2650. The maximum atomic E-state index is 14.8. The third-order valence-electron chi connectivity index (χ3n) is 13.0. The second-order valence-electron chi connectivity index (χ2n) is 17.5. The van der Waals surface area contributed by atoms with Crippen molar-refractivity contribution in [2.45, 2.75) is 125 Å². The molecule has 4 aromatic rings. The first-order chi connectivity index (χ1) is 31.1. The fraction of sp³-hybridized carbons (Fsp3) is 0.511. The van der Waals surface area contributed by atoms with Crippen LogP contribution >= 0.6 is 0 Å². The molecule has 3 aliphatic carbocycles. The highest BCUT2D eigenvalue weighted by Gasteiger charge is 2.62. The Morgan fingerprint density at radius 2 is 1.71 bits per heavy atom. The van der Waals surface area contributed by atoms with E-state index in [4.69, 9.17) is 18.6 Å². The topological polar surface area (TPSA) is 208 Å². The monoisotopic (exact) mass is 922 g/mol. The zero-order valence-corrected chi connectivity index (χ0v) is 36.3. The summed E-state index contributed by atoms with van der Waals surface area (Å²) in [6.07, 6.45) is 4.02. The van der Waals surface area contributed by atoms with E-state index in [1.807, 2.05) is 12.2 Å². The SMILES string of the molecule is COc1cccc2oc3c(O[C@@H]4C[C@H]5C(=O)N[C@]6(C(=O)NS(=O)(=O)C7CC7)C[C@H]6/C=C\CCCCC[C@H](NC(=O)OC6CCCC6)C(=O)N5C4)nc(-c4ccc(C(F)(F)F)cc4)nc3c12. The second kappa shape index (κ2) is 17.5. The predicted molar refractivity (Wildman–Crippen MR) is 228 cm³/mol. The standard InChI is InChI=1S/C45H49F3N6O10S/c1-61-33-14-9-15-34-35(33)36-37(64-34)40(51-38(50-36)25-16-18-26(19-17-25)45(46,47)48)62-29-22-32-39(55)52-44(42(57)53-65(59,60)30-20-21-30)23-27(44)10-5-3-2-4-6-13-31(41(56)54(32)24-29)49-43(58)63-28-11-7-8-12-28/h5,9-10,14-19,27-32H,2-4,6-8,11-13,20-24H2,1H3,(H,49,58)(H,52,55)(H,53,57)/b10-5-/t27-,29-,31+,32+,44-/m1/s1. The van der Waals surface area contributed by atoms with Crippen LogP contribution in [-0.4, -0.2) is 95.8 Å². The summed E-state index contributed by atoms with van der Waals surface area (Å²) < 4.78 is 92.9. The molecule has 1 saturated heterocycles. The second-order valence-corrected chi connectivity index (χ2v) is 19.5. The fourth-order valence-corrected chi connectivity index (χ4v) is 10.5. The molecule has 16 nitrogen and oxygen atoms in total. The number of allylic oxidation sites excluding steroid dienone is 1. The number of halogens is 3. The molecule has 0 bridgehead atoms. The number of hydrogen-bond acceptors (Lipinski definition) is 12. The Morgan fingerprint density at radius 1 is 0.954 bits per heavy atom. The van der Waals surface area contributed by atoms with Gasteiger partial charge in [-0.2, -0.15) is 18.2 Å². The van der Waals surface area contributed by atoms with Crippen LogP contribution in [-0.2, 0) is 35.3 Å². The minimum absolute atomic E-state index is 0.0107. The average molecular weight is 923 g/mol. The van der Waals surface area contributed by atoms with Crippen molar-refractivity contribution in [3.63, 3.8) is 0 Å². The normalized spacial score (nSPS) is 26.1. The van der Waals surface area contributed by atoms with E-state index in [0.717, 1.165) is 31.4 Å². The van der Waals surface area contributed by atoms with Crippen molar-refractivity contribution in [3.8, 4) is 23.0 Å². The van der Waals surface area contributed by atoms with Crippen molar-refractivity contribution in [3.05, 3.63) is 60.2 Å². The Balaban J connectivity index is 1.07. The van der Waals surface area contributed by atoms with Gasteiger partial charge in [-0.1, -0.05) is 43.2 Å². The minimum atomic E-state index is -4.59. The molecular weight excluding hydrogens is 874 g/mol. The maximum Gasteiger partial charge on any atom is 0.416 e. The number of benzene rings is 2. The van der Waals surface area contributed by atoms with Gasteiger partial charge in [-0.3, -0.25) is 19.1 Å². The van der Waals surface area contributed by atoms with Gasteiger partial charge in [0.15, 0.2) is 5.82 Å². The lowest BCUT2D eigenvalue weighted by atomic mass is 10.0. The lowest BCUT2D eigenvalue weighted by Gasteiger charge is -2.30. The molecule has 2 aromatic heterocycles. The summed E-state index contributed by atoms with van der Waals surface area (Å²) in [6.45, 7) is -0.212. The summed E-state index contributed by atoms with van der Waals surface area (Å²) in [6, 6.07) is 6.95. The molecule has 4 heterocycles. The van der Waals surface area contributed by atoms with Crippen molar-refractivity contribution in [1.82, 2.24) is 30.2 Å². The molecule has 3 N–H and O–H groups in total. The number of fused-ring (bicyclic) bond motifs is 5. The number of methoxy groups -OCH3 is 1. The van der Waals surface area contributed by atoms with Crippen LogP contribution in [0.4, 0.5) is 18.0 Å². The van der Waals surface area contributed by atoms with Gasteiger partial charge in [0.25, 0.3) is 11.8 Å². The molecule has 9 rings (SSSR count). The Labute approximate surface area is 372 Å². The van der Waals surface area contributed by atoms with E-state index in [9.17, 15) is 40.8 Å². The van der Waals surface area contributed by atoms with Gasteiger partial charge in [-0.05, 0) is 88.5 Å². The van der Waals surface area contributed by atoms with E-state index < -0.39 is 80.5 Å². The highest BCUT2D eigenvalue weighted by molar-refractivity contribution is 7.91. The number of carbonyl (C=O) groups excluding carboxylic acids is 4. The summed E-state index contributed by atoms with van der Waals surface area (Å²) in [7, 11) is -2.52. The van der Waals surface area contributed by atoms with Gasteiger partial charge < -0.3 is 34.2 Å². The molecule has 20 heteroatoms.